The second-order valence-electron chi connectivity index (χ2n) is 3.15. The number of hydrogen-bond acceptors (Lipinski definition) is 1. The van der Waals surface area contributed by atoms with Crippen molar-refractivity contribution >= 4 is 38.4 Å². The third-order valence-electron chi connectivity index (χ3n) is 2.04. The lowest BCUT2D eigenvalue weighted by molar-refractivity contribution is -0.136. The Kier molecular flexibility index (Phi) is 2.84. The summed E-state index contributed by atoms with van der Waals surface area (Å²) in [7, 11) is 0. The Balaban J connectivity index is 2.85. The fourth-order valence-electron chi connectivity index (χ4n) is 1.40. The average Bonchev–Trinajstić information content (AvgIpc) is 2.16. The van der Waals surface area contributed by atoms with Gasteiger partial charge in [-0.15, -0.1) is 0 Å². The minimum Gasteiger partial charge on any atom is -0.236 e. The Bertz CT molecular complexity index is 553. The van der Waals surface area contributed by atoms with E-state index in [1.54, 1.807) is 6.07 Å². The summed E-state index contributed by atoms with van der Waals surface area (Å²) in [5.41, 5.74) is -0.549. The molecule has 1 nitrogen and oxygen atoms in total. The molecule has 0 saturated heterocycles. The summed E-state index contributed by atoms with van der Waals surface area (Å²) >= 11 is 8.67. The molecule has 0 saturated carbocycles. The number of pyridine rings is 1. The van der Waals surface area contributed by atoms with Crippen molar-refractivity contribution in [2.24, 2.45) is 0 Å². The largest absolute Gasteiger partial charge is 0.417 e. The third kappa shape index (κ3) is 2.15. The molecule has 0 bridgehead atoms. The molecule has 0 spiro atoms. The molecule has 16 heavy (non-hydrogen) atoms. The lowest BCUT2D eigenvalue weighted by atomic mass is 10.1. The van der Waals surface area contributed by atoms with E-state index < -0.39 is 11.7 Å². The summed E-state index contributed by atoms with van der Waals surface area (Å²) in [5.74, 6) is 0. The van der Waals surface area contributed by atoms with Crippen LogP contribution in [0.4, 0.5) is 13.2 Å². The van der Waals surface area contributed by atoms with Gasteiger partial charge < -0.3 is 0 Å². The summed E-state index contributed by atoms with van der Waals surface area (Å²) in [6.45, 7) is 0. The second-order valence-corrected chi connectivity index (χ2v) is 4.45. The average molecular weight is 311 g/mol. The summed E-state index contributed by atoms with van der Waals surface area (Å²) in [6, 6.07) is 5.31. The van der Waals surface area contributed by atoms with Gasteiger partial charge in [-0.1, -0.05) is 27.5 Å². The molecule has 2 rings (SSSR count). The molecule has 0 aliphatic rings. The van der Waals surface area contributed by atoms with Crippen LogP contribution in [0.15, 0.2) is 28.7 Å². The van der Waals surface area contributed by atoms with Crippen molar-refractivity contribution in [3.8, 4) is 0 Å². The number of rotatable bonds is 0. The van der Waals surface area contributed by atoms with Crippen LogP contribution in [0.2, 0.25) is 5.15 Å². The van der Waals surface area contributed by atoms with Gasteiger partial charge in [0.25, 0.3) is 0 Å². The molecule has 0 fully saturated rings. The van der Waals surface area contributed by atoms with Crippen LogP contribution >= 0.6 is 27.5 Å². The molecular weight excluding hydrogens is 306 g/mol. The van der Waals surface area contributed by atoms with Gasteiger partial charge in [0.1, 0.15) is 5.15 Å². The number of aromatic nitrogens is 1. The number of hydrogen-bond donors (Lipinski definition) is 0. The van der Waals surface area contributed by atoms with Gasteiger partial charge in [0.15, 0.2) is 0 Å². The second kappa shape index (κ2) is 3.89. The van der Waals surface area contributed by atoms with Gasteiger partial charge in [-0.25, -0.2) is 4.98 Å². The molecule has 1 aromatic heterocycles. The molecule has 84 valence electrons. The fourth-order valence-corrected chi connectivity index (χ4v) is 1.96. The quantitative estimate of drug-likeness (QED) is 0.644. The molecule has 0 N–H and O–H groups in total. The van der Waals surface area contributed by atoms with Gasteiger partial charge in [-0.05, 0) is 24.3 Å². The first-order chi connectivity index (χ1) is 7.38. The Hall–Kier alpha value is -0.810. The fraction of sp³-hybridized carbons (Fsp3) is 0.100. The van der Waals surface area contributed by atoms with E-state index in [4.69, 9.17) is 11.6 Å². The van der Waals surface area contributed by atoms with Crippen molar-refractivity contribution < 1.29 is 13.2 Å². The molecule has 2 aromatic rings. The zero-order valence-corrected chi connectivity index (χ0v) is 9.99. The van der Waals surface area contributed by atoms with Gasteiger partial charge >= 0.3 is 6.18 Å². The molecule has 0 radical (unpaired) electrons. The lowest BCUT2D eigenvalue weighted by Crippen LogP contribution is -2.06. The van der Waals surface area contributed by atoms with E-state index >= 15 is 0 Å². The highest BCUT2D eigenvalue weighted by Crippen LogP contribution is 2.36. The van der Waals surface area contributed by atoms with Crippen molar-refractivity contribution in [1.82, 2.24) is 4.98 Å². The molecule has 1 aromatic carbocycles. The van der Waals surface area contributed by atoms with Crippen LogP contribution in [0.5, 0.6) is 0 Å². The highest BCUT2D eigenvalue weighted by molar-refractivity contribution is 9.10. The Morgan fingerprint density at radius 1 is 1.19 bits per heavy atom. The number of fused-ring (bicyclic) bond motifs is 1. The van der Waals surface area contributed by atoms with Crippen LogP contribution in [-0.2, 0) is 6.18 Å². The first-order valence-corrected chi connectivity index (χ1v) is 5.38. The predicted octanol–water partition coefficient (Wildman–Crippen LogP) is 4.67. The van der Waals surface area contributed by atoms with Crippen molar-refractivity contribution in [2.75, 3.05) is 0 Å². The van der Waals surface area contributed by atoms with Gasteiger partial charge in [0, 0.05) is 9.86 Å². The van der Waals surface area contributed by atoms with Gasteiger partial charge in [-0.3, -0.25) is 0 Å². The SMILES string of the molecule is FC(F)(F)c1cc(Cl)nc2ccc(Br)cc12. The lowest BCUT2D eigenvalue weighted by Gasteiger charge is -2.10. The van der Waals surface area contributed by atoms with E-state index in [0.29, 0.717) is 4.47 Å². The monoisotopic (exact) mass is 309 g/mol. The van der Waals surface area contributed by atoms with Gasteiger partial charge in [0.05, 0.1) is 11.1 Å². The van der Waals surface area contributed by atoms with E-state index in [1.165, 1.54) is 12.1 Å². The van der Waals surface area contributed by atoms with Crippen LogP contribution in [0.25, 0.3) is 10.9 Å². The van der Waals surface area contributed by atoms with E-state index in [2.05, 4.69) is 20.9 Å². The minimum absolute atomic E-state index is 0.0336. The zero-order valence-electron chi connectivity index (χ0n) is 7.65. The van der Waals surface area contributed by atoms with E-state index in [1.807, 2.05) is 0 Å². The topological polar surface area (TPSA) is 12.9 Å². The van der Waals surface area contributed by atoms with E-state index in [-0.39, 0.29) is 16.1 Å². The molecule has 6 heteroatoms. The summed E-state index contributed by atoms with van der Waals surface area (Å²) in [6.07, 6.45) is -4.44. The van der Waals surface area contributed by atoms with E-state index in [9.17, 15) is 13.2 Å². The summed E-state index contributed by atoms with van der Waals surface area (Å²) in [5, 5.41) is -0.131. The highest BCUT2D eigenvalue weighted by atomic mass is 79.9. The molecule has 0 amide bonds. The highest BCUT2D eigenvalue weighted by Gasteiger charge is 2.33. The number of halogens is 5. The normalized spacial score (nSPS) is 12.1. The molecule has 0 unspecified atom stereocenters. The Labute approximate surface area is 102 Å². The molecular formula is C10H4BrClF3N. The third-order valence-corrected chi connectivity index (χ3v) is 2.73. The van der Waals surface area contributed by atoms with Gasteiger partial charge in [-0.2, -0.15) is 13.2 Å². The Morgan fingerprint density at radius 3 is 2.50 bits per heavy atom. The summed E-state index contributed by atoms with van der Waals surface area (Å²) in [4.78, 5) is 3.84. The molecule has 0 aliphatic carbocycles. The standard InChI is InChI=1S/C10H4BrClF3N/c11-5-1-2-8-6(3-5)7(10(13,14)15)4-9(12)16-8/h1-4H. The maximum atomic E-state index is 12.7. The van der Waals surface area contributed by atoms with Crippen LogP contribution in [-0.4, -0.2) is 4.98 Å². The first-order valence-electron chi connectivity index (χ1n) is 4.21. The minimum atomic E-state index is -4.44. The van der Waals surface area contributed by atoms with Crippen molar-refractivity contribution in [3.05, 3.63) is 39.5 Å². The molecule has 1 heterocycles. The van der Waals surface area contributed by atoms with Crippen LogP contribution < -0.4 is 0 Å². The van der Waals surface area contributed by atoms with Gasteiger partial charge in [0.2, 0.25) is 0 Å². The van der Waals surface area contributed by atoms with Crippen LogP contribution in [0.1, 0.15) is 5.56 Å². The first kappa shape index (κ1) is 11.7. The zero-order chi connectivity index (χ0) is 11.9. The van der Waals surface area contributed by atoms with Crippen molar-refractivity contribution in [2.45, 2.75) is 6.18 Å². The van der Waals surface area contributed by atoms with E-state index in [0.717, 1.165) is 6.07 Å². The molecule has 0 aliphatic heterocycles. The van der Waals surface area contributed by atoms with Crippen LogP contribution in [0.3, 0.4) is 0 Å². The number of benzene rings is 1. The van der Waals surface area contributed by atoms with Crippen LogP contribution in [0, 0.1) is 0 Å². The summed E-state index contributed by atoms with van der Waals surface area (Å²) < 4.78 is 38.7. The number of nitrogens with zero attached hydrogens (tertiary/aromatic N) is 1. The molecule has 0 atom stereocenters. The van der Waals surface area contributed by atoms with Crippen molar-refractivity contribution in [3.63, 3.8) is 0 Å². The smallest absolute Gasteiger partial charge is 0.236 e. The Morgan fingerprint density at radius 2 is 1.88 bits per heavy atom. The number of alkyl halides is 3. The predicted molar refractivity (Wildman–Crippen MR) is 59.5 cm³/mol. The maximum absolute atomic E-state index is 12.7. The van der Waals surface area contributed by atoms with Crippen molar-refractivity contribution in [1.29, 1.82) is 0 Å². The maximum Gasteiger partial charge on any atom is 0.417 e.